The van der Waals surface area contributed by atoms with Gasteiger partial charge in [0.05, 0.1) is 19.6 Å². The zero-order valence-electron chi connectivity index (χ0n) is 11.4. The van der Waals surface area contributed by atoms with Gasteiger partial charge in [0.25, 0.3) is 0 Å². The van der Waals surface area contributed by atoms with Crippen molar-refractivity contribution in [1.29, 1.82) is 0 Å². The molecule has 0 bridgehead atoms. The van der Waals surface area contributed by atoms with Gasteiger partial charge in [0.1, 0.15) is 11.5 Å². The molecule has 0 spiro atoms. The number of benzene rings is 2. The molecule has 0 fully saturated rings. The van der Waals surface area contributed by atoms with E-state index in [2.05, 4.69) is 0 Å². The van der Waals surface area contributed by atoms with E-state index < -0.39 is 0 Å². The van der Waals surface area contributed by atoms with Crippen molar-refractivity contribution < 1.29 is 9.47 Å². The third kappa shape index (κ3) is 3.38. The van der Waals surface area contributed by atoms with Crippen LogP contribution < -0.4 is 9.47 Å². The van der Waals surface area contributed by atoms with E-state index in [9.17, 15) is 0 Å². The smallest absolute Gasteiger partial charge is 0.123 e. The quantitative estimate of drug-likeness (QED) is 0.733. The van der Waals surface area contributed by atoms with E-state index in [1.807, 2.05) is 42.5 Å². The van der Waals surface area contributed by atoms with Crippen molar-refractivity contribution in [3.8, 4) is 11.5 Å². The van der Waals surface area contributed by atoms with E-state index in [0.717, 1.165) is 27.6 Å². The molecule has 2 rings (SSSR count). The Morgan fingerprint density at radius 1 is 1.05 bits per heavy atom. The molecule has 0 radical (unpaired) electrons. The predicted molar refractivity (Wildman–Crippen MR) is 83.3 cm³/mol. The fourth-order valence-corrected chi connectivity index (χ4v) is 2.60. The third-order valence-electron chi connectivity index (χ3n) is 3.13. The first-order chi connectivity index (χ1) is 9.65. The lowest BCUT2D eigenvalue weighted by Gasteiger charge is -2.16. The molecule has 20 heavy (non-hydrogen) atoms. The Morgan fingerprint density at radius 3 is 2.45 bits per heavy atom. The minimum atomic E-state index is -0.236. The van der Waals surface area contributed by atoms with Crippen LogP contribution in [0, 0.1) is 0 Å². The highest BCUT2D eigenvalue weighted by atomic mass is 35.5. The lowest BCUT2D eigenvalue weighted by atomic mass is 10.0. The summed E-state index contributed by atoms with van der Waals surface area (Å²) < 4.78 is 10.6. The molecule has 0 saturated heterocycles. The molecular formula is C16H16Cl2O2. The molecule has 0 aliphatic carbocycles. The van der Waals surface area contributed by atoms with Crippen LogP contribution in [0.4, 0.5) is 0 Å². The van der Waals surface area contributed by atoms with Crippen molar-refractivity contribution in [2.24, 2.45) is 0 Å². The van der Waals surface area contributed by atoms with Crippen molar-refractivity contribution >= 4 is 23.2 Å². The Kier molecular flexibility index (Phi) is 5.16. The number of hydrogen-bond donors (Lipinski definition) is 0. The van der Waals surface area contributed by atoms with Gasteiger partial charge in [-0.25, -0.2) is 0 Å². The van der Waals surface area contributed by atoms with Crippen LogP contribution in [0.5, 0.6) is 11.5 Å². The Balaban J connectivity index is 2.28. The molecule has 2 aromatic carbocycles. The van der Waals surface area contributed by atoms with Gasteiger partial charge in [0.15, 0.2) is 0 Å². The minimum absolute atomic E-state index is 0.236. The standard InChI is InChI=1S/C16H16Cl2O2/c1-19-12-7-8-16(20-2)13(10-12)15(18)9-11-5-3-4-6-14(11)17/h3-8,10,15H,9H2,1-2H3. The molecule has 2 nitrogen and oxygen atoms in total. The van der Waals surface area contributed by atoms with E-state index in [0.29, 0.717) is 6.42 Å². The topological polar surface area (TPSA) is 18.5 Å². The van der Waals surface area contributed by atoms with Crippen LogP contribution in [0.3, 0.4) is 0 Å². The van der Waals surface area contributed by atoms with Crippen LogP contribution in [-0.4, -0.2) is 14.2 Å². The second kappa shape index (κ2) is 6.87. The summed E-state index contributed by atoms with van der Waals surface area (Å²) in [7, 11) is 3.26. The molecule has 106 valence electrons. The summed E-state index contributed by atoms with van der Waals surface area (Å²) in [4.78, 5) is 0. The number of rotatable bonds is 5. The van der Waals surface area contributed by atoms with E-state index in [4.69, 9.17) is 32.7 Å². The summed E-state index contributed by atoms with van der Waals surface area (Å²) >= 11 is 12.7. The Bertz CT molecular complexity index is 584. The molecule has 2 aromatic rings. The SMILES string of the molecule is COc1ccc(OC)c(C(Cl)Cc2ccccc2Cl)c1. The zero-order valence-corrected chi connectivity index (χ0v) is 12.9. The number of ether oxygens (including phenoxy) is 2. The molecular weight excluding hydrogens is 295 g/mol. The summed E-state index contributed by atoms with van der Waals surface area (Å²) in [5, 5.41) is 0.486. The molecule has 0 aromatic heterocycles. The molecule has 0 heterocycles. The highest BCUT2D eigenvalue weighted by molar-refractivity contribution is 6.31. The summed E-state index contributed by atoms with van der Waals surface area (Å²) in [6.45, 7) is 0. The molecule has 0 amide bonds. The van der Waals surface area contributed by atoms with Gasteiger partial charge < -0.3 is 9.47 Å². The molecule has 1 atom stereocenters. The first-order valence-electron chi connectivity index (χ1n) is 6.25. The van der Waals surface area contributed by atoms with Gasteiger partial charge in [0, 0.05) is 10.6 Å². The number of methoxy groups -OCH3 is 2. The average molecular weight is 311 g/mol. The zero-order chi connectivity index (χ0) is 14.5. The van der Waals surface area contributed by atoms with Crippen LogP contribution >= 0.6 is 23.2 Å². The molecule has 0 N–H and O–H groups in total. The fourth-order valence-electron chi connectivity index (χ4n) is 2.05. The summed E-state index contributed by atoms with van der Waals surface area (Å²) in [6, 6.07) is 13.3. The normalized spacial score (nSPS) is 12.0. The first kappa shape index (κ1) is 15.0. The number of alkyl halides is 1. The minimum Gasteiger partial charge on any atom is -0.497 e. The van der Waals surface area contributed by atoms with Crippen molar-refractivity contribution in [3.05, 3.63) is 58.6 Å². The van der Waals surface area contributed by atoms with Gasteiger partial charge in [-0.2, -0.15) is 0 Å². The van der Waals surface area contributed by atoms with Crippen LogP contribution in [0.25, 0.3) is 0 Å². The van der Waals surface area contributed by atoms with E-state index in [-0.39, 0.29) is 5.38 Å². The first-order valence-corrected chi connectivity index (χ1v) is 7.06. The van der Waals surface area contributed by atoms with Gasteiger partial charge >= 0.3 is 0 Å². The molecule has 1 unspecified atom stereocenters. The molecule has 4 heteroatoms. The lowest BCUT2D eigenvalue weighted by Crippen LogP contribution is -2.00. The maximum atomic E-state index is 6.53. The average Bonchev–Trinajstić information content (AvgIpc) is 2.48. The van der Waals surface area contributed by atoms with E-state index >= 15 is 0 Å². The molecule has 0 saturated carbocycles. The molecule has 0 aliphatic heterocycles. The van der Waals surface area contributed by atoms with Gasteiger partial charge in [-0.15, -0.1) is 11.6 Å². The van der Waals surface area contributed by atoms with Crippen LogP contribution in [0.1, 0.15) is 16.5 Å². The highest BCUT2D eigenvalue weighted by Crippen LogP contribution is 2.36. The van der Waals surface area contributed by atoms with Gasteiger partial charge in [-0.3, -0.25) is 0 Å². The van der Waals surface area contributed by atoms with Crippen LogP contribution in [0.2, 0.25) is 5.02 Å². The summed E-state index contributed by atoms with van der Waals surface area (Å²) in [5.74, 6) is 1.50. The van der Waals surface area contributed by atoms with E-state index in [1.54, 1.807) is 14.2 Å². The molecule has 0 aliphatic rings. The van der Waals surface area contributed by atoms with Crippen molar-refractivity contribution in [3.63, 3.8) is 0 Å². The van der Waals surface area contributed by atoms with E-state index in [1.165, 1.54) is 0 Å². The maximum absolute atomic E-state index is 6.53. The Hall–Kier alpha value is -1.38. The van der Waals surface area contributed by atoms with Gasteiger partial charge in [-0.1, -0.05) is 29.8 Å². The van der Waals surface area contributed by atoms with Gasteiger partial charge in [0.2, 0.25) is 0 Å². The monoisotopic (exact) mass is 310 g/mol. The van der Waals surface area contributed by atoms with Crippen LogP contribution in [-0.2, 0) is 6.42 Å². The Morgan fingerprint density at radius 2 is 1.80 bits per heavy atom. The summed E-state index contributed by atoms with van der Waals surface area (Å²) in [5.41, 5.74) is 1.91. The highest BCUT2D eigenvalue weighted by Gasteiger charge is 2.16. The van der Waals surface area contributed by atoms with Crippen molar-refractivity contribution in [2.75, 3.05) is 14.2 Å². The maximum Gasteiger partial charge on any atom is 0.123 e. The fraction of sp³-hybridized carbons (Fsp3) is 0.250. The van der Waals surface area contributed by atoms with Crippen LogP contribution in [0.15, 0.2) is 42.5 Å². The van der Waals surface area contributed by atoms with Crippen molar-refractivity contribution in [2.45, 2.75) is 11.8 Å². The second-order valence-electron chi connectivity index (χ2n) is 4.37. The number of halogens is 2. The van der Waals surface area contributed by atoms with Gasteiger partial charge in [-0.05, 0) is 36.2 Å². The van der Waals surface area contributed by atoms with Crippen molar-refractivity contribution in [1.82, 2.24) is 0 Å². The Labute approximate surface area is 129 Å². The lowest BCUT2D eigenvalue weighted by molar-refractivity contribution is 0.398. The second-order valence-corrected chi connectivity index (χ2v) is 5.30. The summed E-state index contributed by atoms with van der Waals surface area (Å²) in [6.07, 6.45) is 0.630. The predicted octanol–water partition coefficient (Wildman–Crippen LogP) is 4.88. The third-order valence-corrected chi connectivity index (χ3v) is 3.89. The number of hydrogen-bond acceptors (Lipinski definition) is 2. The largest absolute Gasteiger partial charge is 0.497 e.